The predicted octanol–water partition coefficient (Wildman–Crippen LogP) is 3.01. The van der Waals surface area contributed by atoms with Crippen molar-refractivity contribution in [2.24, 2.45) is 5.16 Å². The Morgan fingerprint density at radius 2 is 2.21 bits per heavy atom. The number of methoxy groups -OCH3 is 1. The molecule has 1 N–H and O–H groups in total. The lowest BCUT2D eigenvalue weighted by molar-refractivity contribution is 0.135. The van der Waals surface area contributed by atoms with E-state index >= 15 is 0 Å². The average molecular weight is 263 g/mol. The van der Waals surface area contributed by atoms with Crippen molar-refractivity contribution in [3.63, 3.8) is 0 Å². The summed E-state index contributed by atoms with van der Waals surface area (Å²) in [6.45, 7) is 2.72. The Kier molecular flexibility index (Phi) is 4.80. The molecule has 0 heterocycles. The molecule has 0 aliphatic heterocycles. The fraction of sp³-hybridized carbons (Fsp3) is 0.533. The van der Waals surface area contributed by atoms with Gasteiger partial charge in [0.05, 0.1) is 11.8 Å². The number of hydrogen-bond donors (Lipinski definition) is 1. The number of rotatable bonds is 5. The van der Waals surface area contributed by atoms with Gasteiger partial charge in [0.2, 0.25) is 0 Å². The molecule has 104 valence electrons. The van der Waals surface area contributed by atoms with Gasteiger partial charge >= 0.3 is 0 Å². The zero-order valence-electron chi connectivity index (χ0n) is 11.6. The van der Waals surface area contributed by atoms with E-state index in [2.05, 4.69) is 11.2 Å². The third-order valence-electron chi connectivity index (χ3n) is 3.44. The molecule has 4 heteroatoms. The fourth-order valence-corrected chi connectivity index (χ4v) is 2.38. The number of oxime groups is 1. The Bertz CT molecular complexity index is 457. The molecule has 0 spiro atoms. The summed E-state index contributed by atoms with van der Waals surface area (Å²) in [6, 6.07) is 6.04. The van der Waals surface area contributed by atoms with Crippen LogP contribution in [-0.2, 0) is 11.2 Å². The van der Waals surface area contributed by atoms with E-state index < -0.39 is 0 Å². The third kappa shape index (κ3) is 3.47. The van der Waals surface area contributed by atoms with Crippen LogP contribution < -0.4 is 4.74 Å². The summed E-state index contributed by atoms with van der Waals surface area (Å²) >= 11 is 0. The average Bonchev–Trinajstić information content (AvgIpc) is 2.44. The fourth-order valence-electron chi connectivity index (χ4n) is 2.38. The predicted molar refractivity (Wildman–Crippen MR) is 74.3 cm³/mol. The quantitative estimate of drug-likeness (QED) is 0.656. The minimum atomic E-state index is 0.108. The molecule has 19 heavy (non-hydrogen) atoms. The first kappa shape index (κ1) is 13.9. The highest BCUT2D eigenvalue weighted by atomic mass is 16.5. The van der Waals surface area contributed by atoms with Crippen LogP contribution in [0, 0.1) is 0 Å². The van der Waals surface area contributed by atoms with Gasteiger partial charge in [0.1, 0.15) is 5.75 Å². The lowest BCUT2D eigenvalue weighted by atomic mass is 9.90. The van der Waals surface area contributed by atoms with Crippen LogP contribution in [0.1, 0.15) is 37.3 Å². The molecule has 1 aromatic rings. The minimum Gasteiger partial charge on any atom is -0.491 e. The first-order valence-electron chi connectivity index (χ1n) is 6.74. The van der Waals surface area contributed by atoms with Crippen molar-refractivity contribution in [3.8, 4) is 5.75 Å². The first-order chi connectivity index (χ1) is 9.24. The Morgan fingerprint density at radius 3 is 2.95 bits per heavy atom. The molecule has 1 aliphatic carbocycles. The lowest BCUT2D eigenvalue weighted by Crippen LogP contribution is -2.16. The molecule has 0 saturated heterocycles. The maximum atomic E-state index is 9.06. The summed E-state index contributed by atoms with van der Waals surface area (Å²) in [6.07, 6.45) is 3.86. The Labute approximate surface area is 114 Å². The van der Waals surface area contributed by atoms with Gasteiger partial charge < -0.3 is 14.7 Å². The lowest BCUT2D eigenvalue weighted by Gasteiger charge is -2.19. The van der Waals surface area contributed by atoms with Crippen LogP contribution in [-0.4, -0.2) is 30.7 Å². The molecule has 2 rings (SSSR count). The monoisotopic (exact) mass is 263 g/mol. The van der Waals surface area contributed by atoms with Gasteiger partial charge in [0, 0.05) is 25.7 Å². The highest BCUT2D eigenvalue weighted by molar-refractivity contribution is 6.02. The number of nitrogens with zero attached hydrogens (tertiary/aromatic N) is 1. The van der Waals surface area contributed by atoms with Gasteiger partial charge in [0.25, 0.3) is 0 Å². The van der Waals surface area contributed by atoms with Crippen molar-refractivity contribution < 1.29 is 14.7 Å². The van der Waals surface area contributed by atoms with Gasteiger partial charge in [-0.15, -0.1) is 0 Å². The van der Waals surface area contributed by atoms with Crippen LogP contribution in [0.25, 0.3) is 0 Å². The smallest absolute Gasteiger partial charge is 0.120 e. The summed E-state index contributed by atoms with van der Waals surface area (Å²) < 4.78 is 10.9. The van der Waals surface area contributed by atoms with E-state index in [1.165, 1.54) is 5.56 Å². The Hall–Kier alpha value is -1.55. The molecule has 1 atom stereocenters. The molecule has 0 aromatic heterocycles. The van der Waals surface area contributed by atoms with Crippen molar-refractivity contribution in [1.82, 2.24) is 0 Å². The molecule has 0 saturated carbocycles. The highest BCUT2D eigenvalue weighted by Crippen LogP contribution is 2.26. The van der Waals surface area contributed by atoms with Gasteiger partial charge in [-0.25, -0.2) is 0 Å². The van der Waals surface area contributed by atoms with Crippen molar-refractivity contribution in [3.05, 3.63) is 29.3 Å². The van der Waals surface area contributed by atoms with Crippen LogP contribution in [0.4, 0.5) is 0 Å². The molecule has 1 unspecified atom stereocenters. The zero-order chi connectivity index (χ0) is 13.7. The maximum absolute atomic E-state index is 9.06. The summed E-state index contributed by atoms with van der Waals surface area (Å²) in [5, 5.41) is 12.5. The summed E-state index contributed by atoms with van der Waals surface area (Å²) in [7, 11) is 1.69. The van der Waals surface area contributed by atoms with E-state index in [1.807, 2.05) is 19.1 Å². The summed E-state index contributed by atoms with van der Waals surface area (Å²) in [5.41, 5.74) is 3.01. The SMILES string of the molecule is COCCC(C)Oc1ccc2c(c1)/C(=N\O)CCC2. The molecule has 0 fully saturated rings. The van der Waals surface area contributed by atoms with Crippen LogP contribution in [0.5, 0.6) is 5.75 Å². The maximum Gasteiger partial charge on any atom is 0.120 e. The molecular formula is C15H21NO3. The zero-order valence-corrected chi connectivity index (χ0v) is 11.6. The number of aryl methyl sites for hydroxylation is 1. The first-order valence-corrected chi connectivity index (χ1v) is 6.74. The van der Waals surface area contributed by atoms with E-state index in [0.29, 0.717) is 6.61 Å². The standard InChI is InChI=1S/C15H21NO3/c1-11(8-9-18-2)19-13-7-6-12-4-3-5-15(16-17)14(12)10-13/h6-7,10-11,17H,3-5,8-9H2,1-2H3/b16-15-. The Morgan fingerprint density at radius 1 is 1.37 bits per heavy atom. The largest absolute Gasteiger partial charge is 0.491 e. The van der Waals surface area contributed by atoms with Crippen molar-refractivity contribution in [2.75, 3.05) is 13.7 Å². The van der Waals surface area contributed by atoms with Crippen LogP contribution >= 0.6 is 0 Å². The molecule has 4 nitrogen and oxygen atoms in total. The van der Waals surface area contributed by atoms with E-state index in [4.69, 9.17) is 14.7 Å². The molecule has 0 radical (unpaired) electrons. The van der Waals surface area contributed by atoms with Gasteiger partial charge in [-0.3, -0.25) is 0 Å². The second-order valence-corrected chi connectivity index (χ2v) is 4.93. The van der Waals surface area contributed by atoms with Crippen molar-refractivity contribution in [1.29, 1.82) is 0 Å². The van der Waals surface area contributed by atoms with Gasteiger partial charge in [-0.1, -0.05) is 11.2 Å². The van der Waals surface area contributed by atoms with Gasteiger partial charge in [0.15, 0.2) is 0 Å². The van der Waals surface area contributed by atoms with Gasteiger partial charge in [-0.2, -0.15) is 0 Å². The van der Waals surface area contributed by atoms with E-state index in [0.717, 1.165) is 42.7 Å². The number of ether oxygens (including phenoxy) is 2. The molecule has 0 bridgehead atoms. The van der Waals surface area contributed by atoms with Crippen LogP contribution in [0.2, 0.25) is 0 Å². The second kappa shape index (κ2) is 6.57. The Balaban J connectivity index is 2.11. The molecular weight excluding hydrogens is 242 g/mol. The van der Waals surface area contributed by atoms with Crippen molar-refractivity contribution >= 4 is 5.71 Å². The topological polar surface area (TPSA) is 51.0 Å². The molecule has 0 amide bonds. The van der Waals surface area contributed by atoms with Crippen LogP contribution in [0.15, 0.2) is 23.4 Å². The highest BCUT2D eigenvalue weighted by Gasteiger charge is 2.17. The normalized spacial score (nSPS) is 18.1. The molecule has 1 aliphatic rings. The van der Waals surface area contributed by atoms with Crippen molar-refractivity contribution in [2.45, 2.75) is 38.7 Å². The summed E-state index contributed by atoms with van der Waals surface area (Å²) in [5.74, 6) is 0.824. The molecule has 1 aromatic carbocycles. The van der Waals surface area contributed by atoms with E-state index in [9.17, 15) is 0 Å². The minimum absolute atomic E-state index is 0.108. The van der Waals surface area contributed by atoms with Gasteiger partial charge in [-0.05, 0) is 43.9 Å². The second-order valence-electron chi connectivity index (χ2n) is 4.93. The van der Waals surface area contributed by atoms with E-state index in [1.54, 1.807) is 7.11 Å². The third-order valence-corrected chi connectivity index (χ3v) is 3.44. The van der Waals surface area contributed by atoms with E-state index in [-0.39, 0.29) is 6.10 Å². The summed E-state index contributed by atoms with van der Waals surface area (Å²) in [4.78, 5) is 0. The van der Waals surface area contributed by atoms with Crippen LogP contribution in [0.3, 0.4) is 0 Å². The number of hydrogen-bond acceptors (Lipinski definition) is 4. The number of fused-ring (bicyclic) bond motifs is 1. The number of benzene rings is 1.